The molecule has 5 nitrogen and oxygen atoms in total. The van der Waals surface area contributed by atoms with Crippen molar-refractivity contribution in [3.8, 4) is 5.75 Å². The Kier molecular flexibility index (Phi) is 5.22. The molecular formula is C14H15Cl2N3O2. The van der Waals surface area contributed by atoms with Gasteiger partial charge < -0.3 is 4.74 Å². The number of carbonyl (C=O) groups excluding carboxylic acids is 1. The second-order valence-electron chi connectivity index (χ2n) is 4.54. The Balaban J connectivity index is 2.22. The van der Waals surface area contributed by atoms with Crippen LogP contribution in [0.2, 0.25) is 10.0 Å². The Hall–Kier alpha value is -1.56. The largest absolute Gasteiger partial charge is 0.490 e. The average molecular weight is 328 g/mol. The minimum atomic E-state index is -0.236. The molecule has 0 saturated heterocycles. The van der Waals surface area contributed by atoms with E-state index in [0.717, 1.165) is 11.1 Å². The van der Waals surface area contributed by atoms with Crippen LogP contribution >= 0.6 is 23.2 Å². The van der Waals surface area contributed by atoms with Crippen LogP contribution in [0.1, 0.15) is 18.5 Å². The Morgan fingerprint density at radius 1 is 1.38 bits per heavy atom. The Bertz CT molecular complexity index is 677. The smallest absolute Gasteiger partial charge is 0.234 e. The molecule has 1 aromatic carbocycles. The zero-order valence-corrected chi connectivity index (χ0v) is 13.0. The summed E-state index contributed by atoms with van der Waals surface area (Å²) in [5, 5.41) is 1.70. The third kappa shape index (κ3) is 3.75. The predicted molar refractivity (Wildman–Crippen MR) is 83.6 cm³/mol. The van der Waals surface area contributed by atoms with E-state index < -0.39 is 0 Å². The van der Waals surface area contributed by atoms with Gasteiger partial charge in [-0.15, -0.1) is 0 Å². The number of rotatable bonds is 5. The summed E-state index contributed by atoms with van der Waals surface area (Å²) in [5.74, 6) is 5.25. The lowest BCUT2D eigenvalue weighted by Gasteiger charge is -2.12. The highest BCUT2D eigenvalue weighted by Crippen LogP contribution is 2.37. The monoisotopic (exact) mass is 327 g/mol. The van der Waals surface area contributed by atoms with Gasteiger partial charge in [0.2, 0.25) is 5.91 Å². The highest BCUT2D eigenvalue weighted by Gasteiger charge is 2.13. The first-order chi connectivity index (χ1) is 10.0. The number of hydrogen-bond acceptors (Lipinski definition) is 4. The number of nitrogens with one attached hydrogen (secondary N) is 1. The maximum atomic E-state index is 11.0. The lowest BCUT2D eigenvalue weighted by Crippen LogP contribution is -2.29. The molecule has 2 rings (SSSR count). The molecule has 0 aliphatic rings. The molecule has 112 valence electrons. The third-order valence-electron chi connectivity index (χ3n) is 2.93. The van der Waals surface area contributed by atoms with Gasteiger partial charge in [0.25, 0.3) is 0 Å². The van der Waals surface area contributed by atoms with Gasteiger partial charge in [0.05, 0.1) is 16.7 Å². The van der Waals surface area contributed by atoms with Gasteiger partial charge in [-0.3, -0.25) is 10.2 Å². The maximum Gasteiger partial charge on any atom is 0.234 e. The van der Waals surface area contributed by atoms with Crippen molar-refractivity contribution >= 4 is 40.0 Å². The first-order valence-corrected chi connectivity index (χ1v) is 7.16. The molecule has 0 bridgehead atoms. The van der Waals surface area contributed by atoms with E-state index in [1.807, 2.05) is 19.1 Å². The molecule has 3 N–H and O–H groups in total. The number of aryl methyl sites for hydroxylation is 1. The minimum absolute atomic E-state index is 0.236. The summed E-state index contributed by atoms with van der Waals surface area (Å²) >= 11 is 12.3. The molecule has 0 fully saturated rings. The number of halogens is 2. The van der Waals surface area contributed by atoms with Crippen molar-refractivity contribution in [3.05, 3.63) is 33.9 Å². The van der Waals surface area contributed by atoms with E-state index in [1.54, 1.807) is 6.07 Å². The van der Waals surface area contributed by atoms with Crippen LogP contribution in [0, 0.1) is 6.92 Å². The number of pyridine rings is 1. The standard InChI is InChI=1S/C14H15Cl2N3O2/c1-8-4-5-9-10(15)7-11(16)14(13(9)18-8)21-6-2-3-12(20)19-17/h4-5,7H,2-3,6,17H2,1H3,(H,19,20). The van der Waals surface area contributed by atoms with Crippen molar-refractivity contribution in [1.82, 2.24) is 10.4 Å². The number of nitrogens with zero attached hydrogens (tertiary/aromatic N) is 1. The highest BCUT2D eigenvalue weighted by atomic mass is 35.5. The number of amides is 1. The minimum Gasteiger partial charge on any atom is -0.490 e. The molecule has 0 unspecified atom stereocenters. The van der Waals surface area contributed by atoms with Crippen molar-refractivity contribution in [2.45, 2.75) is 19.8 Å². The maximum absolute atomic E-state index is 11.0. The summed E-state index contributed by atoms with van der Waals surface area (Å²) in [5.41, 5.74) is 3.53. The summed E-state index contributed by atoms with van der Waals surface area (Å²) in [7, 11) is 0. The molecule has 0 aliphatic heterocycles. The van der Waals surface area contributed by atoms with Gasteiger partial charge in [0.15, 0.2) is 5.75 Å². The van der Waals surface area contributed by atoms with Gasteiger partial charge in [0.1, 0.15) is 5.52 Å². The summed E-state index contributed by atoms with van der Waals surface area (Å²) < 4.78 is 5.68. The lowest BCUT2D eigenvalue weighted by atomic mass is 10.2. The van der Waals surface area contributed by atoms with Gasteiger partial charge in [-0.05, 0) is 31.5 Å². The molecule has 7 heteroatoms. The highest BCUT2D eigenvalue weighted by molar-refractivity contribution is 6.39. The molecule has 0 aliphatic carbocycles. The van der Waals surface area contributed by atoms with Crippen LogP contribution in [0.3, 0.4) is 0 Å². The van der Waals surface area contributed by atoms with E-state index in [9.17, 15) is 4.79 Å². The quantitative estimate of drug-likeness (QED) is 0.383. The molecule has 1 heterocycles. The van der Waals surface area contributed by atoms with E-state index in [1.165, 1.54) is 0 Å². The van der Waals surface area contributed by atoms with Crippen LogP contribution < -0.4 is 16.0 Å². The number of ether oxygens (including phenoxy) is 1. The van der Waals surface area contributed by atoms with E-state index in [-0.39, 0.29) is 12.3 Å². The number of nitrogens with two attached hydrogens (primary N) is 1. The second kappa shape index (κ2) is 6.93. The van der Waals surface area contributed by atoms with Crippen LogP contribution in [-0.2, 0) is 4.79 Å². The Labute approximate surface area is 132 Å². The number of benzene rings is 1. The second-order valence-corrected chi connectivity index (χ2v) is 5.35. The molecule has 21 heavy (non-hydrogen) atoms. The van der Waals surface area contributed by atoms with Gasteiger partial charge in [-0.25, -0.2) is 10.8 Å². The molecule has 0 saturated carbocycles. The van der Waals surface area contributed by atoms with Crippen molar-refractivity contribution in [3.63, 3.8) is 0 Å². The van der Waals surface area contributed by atoms with E-state index in [0.29, 0.717) is 34.3 Å². The van der Waals surface area contributed by atoms with Gasteiger partial charge in [-0.1, -0.05) is 23.2 Å². The Morgan fingerprint density at radius 2 is 2.14 bits per heavy atom. The fourth-order valence-corrected chi connectivity index (χ4v) is 2.48. The fraction of sp³-hybridized carbons (Fsp3) is 0.286. The zero-order valence-electron chi connectivity index (χ0n) is 11.5. The van der Waals surface area contributed by atoms with Crippen molar-refractivity contribution in [1.29, 1.82) is 0 Å². The molecule has 1 amide bonds. The zero-order chi connectivity index (χ0) is 15.4. The first kappa shape index (κ1) is 15.8. The normalized spacial score (nSPS) is 10.7. The van der Waals surface area contributed by atoms with Crippen molar-refractivity contribution in [2.75, 3.05) is 6.61 Å². The van der Waals surface area contributed by atoms with Gasteiger partial charge in [-0.2, -0.15) is 0 Å². The summed E-state index contributed by atoms with van der Waals surface area (Å²) in [4.78, 5) is 15.5. The first-order valence-electron chi connectivity index (χ1n) is 6.40. The van der Waals surface area contributed by atoms with Gasteiger partial charge >= 0.3 is 0 Å². The number of aromatic nitrogens is 1. The predicted octanol–water partition coefficient (Wildman–Crippen LogP) is 3.00. The van der Waals surface area contributed by atoms with Crippen LogP contribution in [0.25, 0.3) is 10.9 Å². The topological polar surface area (TPSA) is 77.2 Å². The summed E-state index contributed by atoms with van der Waals surface area (Å²) in [6.45, 7) is 2.21. The van der Waals surface area contributed by atoms with Gasteiger partial charge in [0, 0.05) is 17.5 Å². The Morgan fingerprint density at radius 3 is 2.86 bits per heavy atom. The van der Waals surface area contributed by atoms with Crippen molar-refractivity contribution in [2.24, 2.45) is 5.84 Å². The average Bonchev–Trinajstić information content (AvgIpc) is 2.45. The van der Waals surface area contributed by atoms with Crippen LogP contribution in [0.5, 0.6) is 5.75 Å². The van der Waals surface area contributed by atoms with Crippen molar-refractivity contribution < 1.29 is 9.53 Å². The number of hydrazine groups is 1. The van der Waals surface area contributed by atoms with E-state index in [2.05, 4.69) is 10.4 Å². The van der Waals surface area contributed by atoms with E-state index >= 15 is 0 Å². The molecule has 0 radical (unpaired) electrons. The number of carbonyl (C=O) groups is 1. The number of hydrogen-bond donors (Lipinski definition) is 2. The molecule has 1 aromatic heterocycles. The fourth-order valence-electron chi connectivity index (χ4n) is 1.91. The van der Waals surface area contributed by atoms with Crippen LogP contribution in [0.4, 0.5) is 0 Å². The molecule has 0 atom stereocenters. The summed E-state index contributed by atoms with van der Waals surface area (Å²) in [6, 6.07) is 5.38. The summed E-state index contributed by atoms with van der Waals surface area (Å²) in [6.07, 6.45) is 0.807. The number of fused-ring (bicyclic) bond motifs is 1. The SMILES string of the molecule is Cc1ccc2c(Cl)cc(Cl)c(OCCCC(=O)NN)c2n1. The molecular weight excluding hydrogens is 313 g/mol. The third-order valence-corrected chi connectivity index (χ3v) is 3.53. The van der Waals surface area contributed by atoms with Crippen LogP contribution in [0.15, 0.2) is 18.2 Å². The van der Waals surface area contributed by atoms with Crippen LogP contribution in [-0.4, -0.2) is 17.5 Å². The molecule has 2 aromatic rings. The molecule has 0 spiro atoms. The van der Waals surface area contributed by atoms with E-state index in [4.69, 9.17) is 33.8 Å². The lowest BCUT2D eigenvalue weighted by molar-refractivity contribution is -0.121.